The number of esters is 1. The van der Waals surface area contributed by atoms with Crippen LogP contribution in [-0.4, -0.2) is 38.9 Å². The van der Waals surface area contributed by atoms with Gasteiger partial charge in [-0.25, -0.2) is 15.0 Å². The van der Waals surface area contributed by atoms with Crippen LogP contribution < -0.4 is 5.32 Å². The first-order valence-corrected chi connectivity index (χ1v) is 9.33. The van der Waals surface area contributed by atoms with Crippen molar-refractivity contribution in [3.05, 3.63) is 36.1 Å². The Bertz CT molecular complexity index is 1020. The number of hydrogen-bond donors (Lipinski definition) is 2. The van der Waals surface area contributed by atoms with E-state index in [1.807, 2.05) is 23.6 Å². The van der Waals surface area contributed by atoms with Gasteiger partial charge in [0.1, 0.15) is 23.4 Å². The topological polar surface area (TPSA) is 110 Å². The van der Waals surface area contributed by atoms with E-state index < -0.39 is 11.8 Å². The monoisotopic (exact) mass is 383 g/mol. The summed E-state index contributed by atoms with van der Waals surface area (Å²) >= 11 is 1.32. The lowest BCUT2D eigenvalue weighted by atomic mass is 9.82. The third-order valence-electron chi connectivity index (χ3n) is 4.60. The first-order valence-electron chi connectivity index (χ1n) is 8.45. The number of nitrogens with one attached hydrogen (secondary N) is 2. The van der Waals surface area contributed by atoms with E-state index in [-0.39, 0.29) is 11.9 Å². The summed E-state index contributed by atoms with van der Waals surface area (Å²) < 4.78 is 4.83. The number of thiazole rings is 1. The molecule has 9 heteroatoms. The molecule has 2 atom stereocenters. The SMILES string of the molecule is COC(=O)C1CC=CCC1C(=O)Nc1nc(-c2ncnc3[nH]ccc23)cs1. The van der Waals surface area contributed by atoms with Crippen LogP contribution in [0.25, 0.3) is 22.4 Å². The molecule has 0 saturated carbocycles. The maximum atomic E-state index is 12.7. The molecule has 0 radical (unpaired) electrons. The van der Waals surface area contributed by atoms with Gasteiger partial charge in [-0.05, 0) is 18.9 Å². The number of carbonyl (C=O) groups excluding carboxylic acids is 2. The second-order valence-corrected chi connectivity index (χ2v) is 7.03. The minimum absolute atomic E-state index is 0.231. The smallest absolute Gasteiger partial charge is 0.309 e. The number of hydrogen-bond acceptors (Lipinski definition) is 7. The first kappa shape index (κ1) is 17.3. The highest BCUT2D eigenvalue weighted by Crippen LogP contribution is 2.31. The Balaban J connectivity index is 1.54. The van der Waals surface area contributed by atoms with Crippen LogP contribution in [0.15, 0.2) is 36.1 Å². The number of carbonyl (C=O) groups is 2. The van der Waals surface area contributed by atoms with Gasteiger partial charge in [0.2, 0.25) is 5.91 Å². The molecule has 2 unspecified atom stereocenters. The van der Waals surface area contributed by atoms with Crippen LogP contribution in [0.3, 0.4) is 0 Å². The van der Waals surface area contributed by atoms with Gasteiger partial charge in [0.05, 0.1) is 18.9 Å². The van der Waals surface area contributed by atoms with E-state index in [1.54, 1.807) is 6.20 Å². The molecule has 1 aliphatic carbocycles. The summed E-state index contributed by atoms with van der Waals surface area (Å²) in [5.41, 5.74) is 2.09. The largest absolute Gasteiger partial charge is 0.469 e. The lowest BCUT2D eigenvalue weighted by molar-refractivity contribution is -0.149. The van der Waals surface area contributed by atoms with Gasteiger partial charge in [0.25, 0.3) is 0 Å². The van der Waals surface area contributed by atoms with E-state index in [2.05, 4.69) is 25.3 Å². The zero-order chi connectivity index (χ0) is 18.8. The van der Waals surface area contributed by atoms with Crippen molar-refractivity contribution >= 4 is 39.4 Å². The van der Waals surface area contributed by atoms with Gasteiger partial charge in [-0.3, -0.25) is 9.59 Å². The molecule has 8 nitrogen and oxygen atoms in total. The Morgan fingerprint density at radius 1 is 1.26 bits per heavy atom. The number of aromatic nitrogens is 4. The van der Waals surface area contributed by atoms with E-state index in [1.165, 1.54) is 24.8 Å². The molecule has 0 fully saturated rings. The van der Waals surface area contributed by atoms with Crippen LogP contribution in [-0.2, 0) is 14.3 Å². The summed E-state index contributed by atoms with van der Waals surface area (Å²) in [7, 11) is 1.34. The molecule has 1 aliphatic rings. The minimum atomic E-state index is -0.472. The predicted molar refractivity (Wildman–Crippen MR) is 101 cm³/mol. The van der Waals surface area contributed by atoms with Gasteiger partial charge >= 0.3 is 5.97 Å². The van der Waals surface area contributed by atoms with Gasteiger partial charge < -0.3 is 15.0 Å². The van der Waals surface area contributed by atoms with Crippen molar-refractivity contribution in [1.82, 2.24) is 19.9 Å². The average molecular weight is 383 g/mol. The maximum Gasteiger partial charge on any atom is 0.309 e. The number of methoxy groups -OCH3 is 1. The molecule has 2 N–H and O–H groups in total. The second-order valence-electron chi connectivity index (χ2n) is 6.17. The van der Waals surface area contributed by atoms with Gasteiger partial charge in [-0.2, -0.15) is 0 Å². The normalized spacial score (nSPS) is 19.1. The number of aromatic amines is 1. The van der Waals surface area contributed by atoms with Gasteiger partial charge in [-0.15, -0.1) is 11.3 Å². The van der Waals surface area contributed by atoms with Crippen molar-refractivity contribution < 1.29 is 14.3 Å². The fraction of sp³-hybridized carbons (Fsp3) is 0.278. The fourth-order valence-corrected chi connectivity index (χ4v) is 3.93. The molecule has 3 heterocycles. The van der Waals surface area contributed by atoms with Crippen molar-refractivity contribution in [2.75, 3.05) is 12.4 Å². The maximum absolute atomic E-state index is 12.7. The lowest BCUT2D eigenvalue weighted by Crippen LogP contribution is -2.35. The number of nitrogens with zero attached hydrogens (tertiary/aromatic N) is 3. The Labute approximate surface area is 158 Å². The molecule has 3 aromatic heterocycles. The summed E-state index contributed by atoms with van der Waals surface area (Å²) in [4.78, 5) is 40.6. The number of rotatable bonds is 4. The summed E-state index contributed by atoms with van der Waals surface area (Å²) in [6.07, 6.45) is 8.09. The third kappa shape index (κ3) is 3.33. The quantitative estimate of drug-likeness (QED) is 0.529. The summed E-state index contributed by atoms with van der Waals surface area (Å²) in [5, 5.41) is 6.00. The molecule has 0 spiro atoms. The Morgan fingerprint density at radius 3 is 2.89 bits per heavy atom. The zero-order valence-corrected chi connectivity index (χ0v) is 15.3. The molecule has 4 rings (SSSR count). The van der Waals surface area contributed by atoms with E-state index in [0.29, 0.717) is 29.4 Å². The van der Waals surface area contributed by atoms with Crippen molar-refractivity contribution in [3.8, 4) is 11.4 Å². The summed E-state index contributed by atoms with van der Waals surface area (Å²) in [6, 6.07) is 1.89. The first-order chi connectivity index (χ1) is 13.2. The number of allylic oxidation sites excluding steroid dienone is 2. The standard InChI is InChI=1S/C18H17N5O3S/c1-26-17(25)11-5-3-2-4-10(11)16(24)23-18-22-13(8-27-18)14-12-6-7-19-15(12)21-9-20-14/h2-3,6-11H,4-5H2,1H3,(H,19,20,21)(H,22,23,24). The minimum Gasteiger partial charge on any atom is -0.469 e. The third-order valence-corrected chi connectivity index (χ3v) is 5.36. The molecule has 27 heavy (non-hydrogen) atoms. The predicted octanol–water partition coefficient (Wildman–Crippen LogP) is 2.78. The average Bonchev–Trinajstić information content (AvgIpc) is 3.36. The zero-order valence-electron chi connectivity index (χ0n) is 14.5. The van der Waals surface area contributed by atoms with Crippen LogP contribution in [0, 0.1) is 11.8 Å². The highest BCUT2D eigenvalue weighted by atomic mass is 32.1. The molecule has 3 aromatic rings. The molecule has 0 saturated heterocycles. The summed E-state index contributed by atoms with van der Waals surface area (Å²) in [6.45, 7) is 0. The van der Waals surface area contributed by atoms with E-state index in [4.69, 9.17) is 4.74 Å². The summed E-state index contributed by atoms with van der Waals surface area (Å²) in [5.74, 6) is -1.54. The number of fused-ring (bicyclic) bond motifs is 1. The van der Waals surface area contributed by atoms with E-state index in [9.17, 15) is 9.59 Å². The van der Waals surface area contributed by atoms with Crippen molar-refractivity contribution in [1.29, 1.82) is 0 Å². The number of amides is 1. The van der Waals surface area contributed by atoms with Crippen molar-refractivity contribution in [2.24, 2.45) is 11.8 Å². The van der Waals surface area contributed by atoms with Gasteiger partial charge in [0.15, 0.2) is 5.13 Å². The van der Waals surface area contributed by atoms with Crippen molar-refractivity contribution in [2.45, 2.75) is 12.8 Å². The second kappa shape index (κ2) is 7.28. The molecule has 1 amide bonds. The van der Waals surface area contributed by atoms with Crippen LogP contribution >= 0.6 is 11.3 Å². The van der Waals surface area contributed by atoms with Crippen molar-refractivity contribution in [3.63, 3.8) is 0 Å². The Morgan fingerprint density at radius 2 is 2.07 bits per heavy atom. The highest BCUT2D eigenvalue weighted by molar-refractivity contribution is 7.14. The highest BCUT2D eigenvalue weighted by Gasteiger charge is 2.35. The molecule has 0 bridgehead atoms. The van der Waals surface area contributed by atoms with Crippen LogP contribution in [0.1, 0.15) is 12.8 Å². The van der Waals surface area contributed by atoms with Crippen LogP contribution in [0.2, 0.25) is 0 Å². The Hall–Kier alpha value is -3.07. The molecular formula is C18H17N5O3S. The molecule has 138 valence electrons. The molecule has 0 aromatic carbocycles. The van der Waals surface area contributed by atoms with Crippen LogP contribution in [0.5, 0.6) is 0 Å². The van der Waals surface area contributed by atoms with E-state index >= 15 is 0 Å². The number of H-pyrrole nitrogens is 1. The number of ether oxygens (including phenoxy) is 1. The number of anilines is 1. The molecular weight excluding hydrogens is 366 g/mol. The lowest BCUT2D eigenvalue weighted by Gasteiger charge is -2.24. The van der Waals surface area contributed by atoms with Crippen LogP contribution in [0.4, 0.5) is 5.13 Å². The van der Waals surface area contributed by atoms with E-state index in [0.717, 1.165) is 11.0 Å². The van der Waals surface area contributed by atoms with Gasteiger partial charge in [0, 0.05) is 17.0 Å². The Kier molecular flexibility index (Phi) is 4.68. The molecule has 0 aliphatic heterocycles. The fourth-order valence-electron chi connectivity index (χ4n) is 3.23. The van der Waals surface area contributed by atoms with Gasteiger partial charge in [-0.1, -0.05) is 12.2 Å².